The summed E-state index contributed by atoms with van der Waals surface area (Å²) in [4.78, 5) is 4.17. The van der Waals surface area contributed by atoms with E-state index in [1.807, 2.05) is 19.1 Å². The molecule has 0 saturated heterocycles. The van der Waals surface area contributed by atoms with Gasteiger partial charge in [-0.15, -0.1) is 0 Å². The molecule has 1 rings (SSSR count). The number of rotatable bonds is 8. The molecule has 0 aliphatic carbocycles. The molecule has 0 aliphatic heterocycles. The zero-order valence-corrected chi connectivity index (χ0v) is 13.7. The van der Waals surface area contributed by atoms with Crippen molar-refractivity contribution in [2.45, 2.75) is 13.3 Å². The maximum Gasteiger partial charge on any atom is 0.188 e. The van der Waals surface area contributed by atoms with Gasteiger partial charge < -0.3 is 25.3 Å². The van der Waals surface area contributed by atoms with E-state index < -0.39 is 0 Å². The van der Waals surface area contributed by atoms with Gasteiger partial charge in [-0.05, 0) is 13.3 Å². The van der Waals surface area contributed by atoms with Crippen LogP contribution in [0.15, 0.2) is 29.3 Å². The topological polar surface area (TPSA) is 78.1 Å². The molecule has 6 nitrogen and oxygen atoms in total. The van der Waals surface area contributed by atoms with Crippen molar-refractivity contribution in [2.24, 2.45) is 10.7 Å². The lowest BCUT2D eigenvalue weighted by Gasteiger charge is -2.15. The minimum Gasteiger partial charge on any atom is -0.496 e. The first-order chi connectivity index (χ1) is 10.5. The summed E-state index contributed by atoms with van der Waals surface area (Å²) in [6, 6.07) is 3.66. The number of aliphatic imine (C=N–C) groups is 1. The maximum absolute atomic E-state index is 5.79. The summed E-state index contributed by atoms with van der Waals surface area (Å²) in [5.74, 6) is 2.52. The summed E-state index contributed by atoms with van der Waals surface area (Å²) in [5, 5.41) is 3.06. The SMILES string of the molecule is C=C(C)CN=C(N)NCCc1c(OC)cc(OC)cc1OC. The van der Waals surface area contributed by atoms with E-state index in [4.69, 9.17) is 19.9 Å². The fourth-order valence-electron chi connectivity index (χ4n) is 1.92. The van der Waals surface area contributed by atoms with Crippen LogP contribution in [-0.4, -0.2) is 40.4 Å². The molecule has 0 radical (unpaired) electrons. The first-order valence-electron chi connectivity index (χ1n) is 6.98. The van der Waals surface area contributed by atoms with Gasteiger partial charge in [0, 0.05) is 24.2 Å². The molecule has 0 amide bonds. The number of guanidine groups is 1. The zero-order chi connectivity index (χ0) is 16.5. The average Bonchev–Trinajstić information content (AvgIpc) is 2.52. The van der Waals surface area contributed by atoms with E-state index in [0.717, 1.165) is 22.6 Å². The second-order valence-electron chi connectivity index (χ2n) is 4.85. The van der Waals surface area contributed by atoms with Gasteiger partial charge >= 0.3 is 0 Å². The van der Waals surface area contributed by atoms with E-state index in [0.29, 0.717) is 31.2 Å². The van der Waals surface area contributed by atoms with E-state index in [9.17, 15) is 0 Å². The smallest absolute Gasteiger partial charge is 0.188 e. The van der Waals surface area contributed by atoms with Gasteiger partial charge in [-0.1, -0.05) is 12.2 Å². The van der Waals surface area contributed by atoms with Crippen molar-refractivity contribution >= 4 is 5.96 Å². The van der Waals surface area contributed by atoms with Gasteiger partial charge in [-0.25, -0.2) is 4.99 Å². The Morgan fingerprint density at radius 1 is 1.18 bits per heavy atom. The van der Waals surface area contributed by atoms with Gasteiger partial charge in [0.25, 0.3) is 0 Å². The van der Waals surface area contributed by atoms with Crippen LogP contribution < -0.4 is 25.3 Å². The molecule has 1 aromatic carbocycles. The average molecular weight is 307 g/mol. The number of nitrogens with two attached hydrogens (primary N) is 1. The van der Waals surface area contributed by atoms with Crippen LogP contribution >= 0.6 is 0 Å². The maximum atomic E-state index is 5.79. The molecule has 1 aromatic rings. The third-order valence-corrected chi connectivity index (χ3v) is 3.02. The molecule has 122 valence electrons. The van der Waals surface area contributed by atoms with Crippen LogP contribution in [0.25, 0.3) is 0 Å². The van der Waals surface area contributed by atoms with Crippen LogP contribution in [0.3, 0.4) is 0 Å². The van der Waals surface area contributed by atoms with Crippen LogP contribution in [0.2, 0.25) is 0 Å². The number of nitrogens with zero attached hydrogens (tertiary/aromatic N) is 1. The molecule has 0 aromatic heterocycles. The monoisotopic (exact) mass is 307 g/mol. The third kappa shape index (κ3) is 5.20. The molecule has 0 spiro atoms. The Balaban J connectivity index is 2.76. The molecule has 22 heavy (non-hydrogen) atoms. The number of hydrogen-bond donors (Lipinski definition) is 2. The number of methoxy groups -OCH3 is 3. The molecule has 0 heterocycles. The first-order valence-corrected chi connectivity index (χ1v) is 6.98. The number of nitrogens with one attached hydrogen (secondary N) is 1. The Kier molecular flexibility index (Phi) is 7.08. The predicted molar refractivity (Wildman–Crippen MR) is 89.1 cm³/mol. The van der Waals surface area contributed by atoms with Crippen LogP contribution in [0.4, 0.5) is 0 Å². The second-order valence-corrected chi connectivity index (χ2v) is 4.85. The van der Waals surface area contributed by atoms with Gasteiger partial charge in [-0.2, -0.15) is 0 Å². The normalized spacial score (nSPS) is 11.0. The molecule has 0 saturated carbocycles. The Morgan fingerprint density at radius 2 is 1.77 bits per heavy atom. The Bertz CT molecular complexity index is 516. The summed E-state index contributed by atoms with van der Waals surface area (Å²) in [6.07, 6.45) is 0.680. The highest BCUT2D eigenvalue weighted by Gasteiger charge is 2.12. The Hall–Kier alpha value is -2.37. The lowest BCUT2D eigenvalue weighted by atomic mass is 10.1. The highest BCUT2D eigenvalue weighted by atomic mass is 16.5. The minimum atomic E-state index is 0.398. The summed E-state index contributed by atoms with van der Waals surface area (Å²) < 4.78 is 16.0. The van der Waals surface area contributed by atoms with Crippen molar-refractivity contribution in [2.75, 3.05) is 34.4 Å². The van der Waals surface area contributed by atoms with Crippen LogP contribution in [-0.2, 0) is 6.42 Å². The molecule has 0 atom stereocenters. The Morgan fingerprint density at radius 3 is 2.23 bits per heavy atom. The Labute approximate surface area is 132 Å². The lowest BCUT2D eigenvalue weighted by molar-refractivity contribution is 0.368. The van der Waals surface area contributed by atoms with Gasteiger partial charge in [0.2, 0.25) is 0 Å². The van der Waals surface area contributed by atoms with Crippen LogP contribution in [0.1, 0.15) is 12.5 Å². The van der Waals surface area contributed by atoms with E-state index in [-0.39, 0.29) is 0 Å². The molecule has 0 bridgehead atoms. The zero-order valence-electron chi connectivity index (χ0n) is 13.7. The fourth-order valence-corrected chi connectivity index (χ4v) is 1.92. The van der Waals surface area contributed by atoms with Crippen molar-refractivity contribution in [3.05, 3.63) is 29.8 Å². The molecule has 6 heteroatoms. The molecule has 3 N–H and O–H groups in total. The van der Waals surface area contributed by atoms with Gasteiger partial charge in [0.05, 0.1) is 27.9 Å². The minimum absolute atomic E-state index is 0.398. The fraction of sp³-hybridized carbons (Fsp3) is 0.438. The summed E-state index contributed by atoms with van der Waals surface area (Å²) in [7, 11) is 4.84. The van der Waals surface area contributed by atoms with Crippen LogP contribution in [0, 0.1) is 0 Å². The molecule has 0 unspecified atom stereocenters. The van der Waals surface area contributed by atoms with Gasteiger partial charge in [-0.3, -0.25) is 0 Å². The van der Waals surface area contributed by atoms with Crippen molar-refractivity contribution in [3.63, 3.8) is 0 Å². The highest BCUT2D eigenvalue weighted by Crippen LogP contribution is 2.34. The largest absolute Gasteiger partial charge is 0.496 e. The summed E-state index contributed by atoms with van der Waals surface area (Å²) in [6.45, 7) is 6.83. The standard InChI is InChI=1S/C16H25N3O3/c1-11(2)10-19-16(17)18-7-6-13-14(21-4)8-12(20-3)9-15(13)22-5/h8-9H,1,6-7,10H2,2-5H3,(H3,17,18,19). The molecular formula is C16H25N3O3. The predicted octanol–water partition coefficient (Wildman–Crippen LogP) is 1.74. The van der Waals surface area contributed by atoms with E-state index in [1.54, 1.807) is 21.3 Å². The number of hydrogen-bond acceptors (Lipinski definition) is 4. The molecule has 0 aliphatic rings. The lowest BCUT2D eigenvalue weighted by Crippen LogP contribution is -2.33. The van der Waals surface area contributed by atoms with Gasteiger partial charge in [0.15, 0.2) is 5.96 Å². The van der Waals surface area contributed by atoms with E-state index in [2.05, 4.69) is 16.9 Å². The third-order valence-electron chi connectivity index (χ3n) is 3.02. The number of benzene rings is 1. The highest BCUT2D eigenvalue weighted by molar-refractivity contribution is 5.77. The van der Waals surface area contributed by atoms with E-state index >= 15 is 0 Å². The molecular weight excluding hydrogens is 282 g/mol. The quantitative estimate of drug-likeness (QED) is 0.434. The second kappa shape index (κ2) is 8.81. The summed E-state index contributed by atoms with van der Waals surface area (Å²) >= 11 is 0. The van der Waals surface area contributed by atoms with Crippen molar-refractivity contribution in [1.82, 2.24) is 5.32 Å². The van der Waals surface area contributed by atoms with Crippen molar-refractivity contribution in [3.8, 4) is 17.2 Å². The molecule has 0 fully saturated rings. The first kappa shape index (κ1) is 17.7. The van der Waals surface area contributed by atoms with Crippen molar-refractivity contribution < 1.29 is 14.2 Å². The van der Waals surface area contributed by atoms with E-state index in [1.165, 1.54) is 0 Å². The number of ether oxygens (including phenoxy) is 3. The van der Waals surface area contributed by atoms with Crippen molar-refractivity contribution in [1.29, 1.82) is 0 Å². The van der Waals surface area contributed by atoms with Gasteiger partial charge in [0.1, 0.15) is 17.2 Å². The van der Waals surface area contributed by atoms with Crippen LogP contribution in [0.5, 0.6) is 17.2 Å². The summed E-state index contributed by atoms with van der Waals surface area (Å²) in [5.41, 5.74) is 7.70.